The summed E-state index contributed by atoms with van der Waals surface area (Å²) in [6.07, 6.45) is 8.02. The standard InChI is InChI=1S/C14H24N4/c1-17(9-13-16-5-6-18(13)2)8-12-10-3-4-11(7-10)14(12)15/h5-6,10-12,14H,3-4,7-9,15H2,1-2H3. The zero-order valence-corrected chi connectivity index (χ0v) is 11.4. The zero-order valence-electron chi connectivity index (χ0n) is 11.4. The van der Waals surface area contributed by atoms with Crippen LogP contribution in [-0.2, 0) is 13.6 Å². The summed E-state index contributed by atoms with van der Waals surface area (Å²) in [4.78, 5) is 6.77. The molecule has 4 heteroatoms. The van der Waals surface area contributed by atoms with Crippen molar-refractivity contribution >= 4 is 0 Å². The molecule has 1 heterocycles. The molecule has 4 unspecified atom stereocenters. The Labute approximate surface area is 109 Å². The van der Waals surface area contributed by atoms with Gasteiger partial charge in [-0.3, -0.25) is 4.90 Å². The summed E-state index contributed by atoms with van der Waals surface area (Å²) >= 11 is 0. The van der Waals surface area contributed by atoms with Gasteiger partial charge in [-0.25, -0.2) is 4.98 Å². The van der Waals surface area contributed by atoms with Crippen molar-refractivity contribution in [2.45, 2.75) is 31.8 Å². The van der Waals surface area contributed by atoms with Gasteiger partial charge in [0, 0.05) is 32.0 Å². The van der Waals surface area contributed by atoms with Gasteiger partial charge in [-0.05, 0) is 44.1 Å². The molecule has 1 aromatic rings. The topological polar surface area (TPSA) is 47.1 Å². The quantitative estimate of drug-likeness (QED) is 0.871. The average Bonchev–Trinajstić information content (AvgIpc) is 3.00. The Hall–Kier alpha value is -0.870. The first-order valence-corrected chi connectivity index (χ1v) is 7.05. The molecule has 100 valence electrons. The molecule has 2 fully saturated rings. The van der Waals surface area contributed by atoms with Crippen LogP contribution in [0.2, 0.25) is 0 Å². The lowest BCUT2D eigenvalue weighted by Crippen LogP contribution is -2.41. The molecule has 4 nitrogen and oxygen atoms in total. The number of nitrogens with zero attached hydrogens (tertiary/aromatic N) is 3. The highest BCUT2D eigenvalue weighted by Crippen LogP contribution is 2.47. The Morgan fingerprint density at radius 2 is 2.22 bits per heavy atom. The minimum Gasteiger partial charge on any atom is -0.337 e. The number of hydrogen-bond acceptors (Lipinski definition) is 3. The van der Waals surface area contributed by atoms with E-state index < -0.39 is 0 Å². The number of imidazole rings is 1. The van der Waals surface area contributed by atoms with E-state index in [0.29, 0.717) is 12.0 Å². The Morgan fingerprint density at radius 3 is 2.83 bits per heavy atom. The van der Waals surface area contributed by atoms with E-state index in [1.807, 2.05) is 12.4 Å². The molecule has 0 radical (unpaired) electrons. The van der Waals surface area contributed by atoms with Gasteiger partial charge >= 0.3 is 0 Å². The van der Waals surface area contributed by atoms with Crippen molar-refractivity contribution in [1.29, 1.82) is 0 Å². The van der Waals surface area contributed by atoms with E-state index in [1.54, 1.807) is 0 Å². The molecule has 18 heavy (non-hydrogen) atoms. The molecule has 2 N–H and O–H groups in total. The number of nitrogens with two attached hydrogens (primary N) is 1. The normalized spacial score (nSPS) is 34.7. The van der Waals surface area contributed by atoms with Crippen LogP contribution in [-0.4, -0.2) is 34.1 Å². The first-order valence-electron chi connectivity index (χ1n) is 7.05. The van der Waals surface area contributed by atoms with E-state index in [-0.39, 0.29) is 0 Å². The largest absolute Gasteiger partial charge is 0.337 e. The first kappa shape index (κ1) is 12.2. The van der Waals surface area contributed by atoms with Crippen LogP contribution in [0.1, 0.15) is 25.1 Å². The summed E-state index contributed by atoms with van der Waals surface area (Å²) in [5.74, 6) is 3.53. The maximum absolute atomic E-state index is 6.37. The number of rotatable bonds is 4. The zero-order chi connectivity index (χ0) is 12.7. The highest BCUT2D eigenvalue weighted by atomic mass is 15.2. The van der Waals surface area contributed by atoms with Crippen molar-refractivity contribution in [2.75, 3.05) is 13.6 Å². The molecule has 0 spiro atoms. The van der Waals surface area contributed by atoms with Crippen molar-refractivity contribution in [3.8, 4) is 0 Å². The van der Waals surface area contributed by atoms with Gasteiger partial charge in [0.25, 0.3) is 0 Å². The highest BCUT2D eigenvalue weighted by molar-refractivity contribution is 5.00. The van der Waals surface area contributed by atoms with Crippen LogP contribution in [0, 0.1) is 17.8 Å². The molecule has 2 saturated carbocycles. The summed E-state index contributed by atoms with van der Waals surface area (Å²) < 4.78 is 2.09. The summed E-state index contributed by atoms with van der Waals surface area (Å²) in [5, 5.41) is 0. The van der Waals surface area contributed by atoms with Crippen LogP contribution >= 0.6 is 0 Å². The minimum atomic E-state index is 0.438. The van der Waals surface area contributed by atoms with Gasteiger partial charge in [-0.2, -0.15) is 0 Å². The third kappa shape index (κ3) is 2.08. The number of hydrogen-bond donors (Lipinski definition) is 1. The highest BCUT2D eigenvalue weighted by Gasteiger charge is 2.45. The SMILES string of the molecule is CN(Cc1nccn1C)CC1C2CCC(C2)C1N. The van der Waals surface area contributed by atoms with Crippen LogP contribution in [0.3, 0.4) is 0 Å². The van der Waals surface area contributed by atoms with E-state index in [0.717, 1.165) is 30.7 Å². The fourth-order valence-electron chi connectivity index (χ4n) is 3.94. The molecule has 0 aromatic carbocycles. The number of aromatic nitrogens is 2. The third-order valence-corrected chi connectivity index (χ3v) is 5.01. The summed E-state index contributed by atoms with van der Waals surface area (Å²) in [6, 6.07) is 0.438. The average molecular weight is 248 g/mol. The monoisotopic (exact) mass is 248 g/mol. The Bertz CT molecular complexity index is 412. The molecular weight excluding hydrogens is 224 g/mol. The van der Waals surface area contributed by atoms with E-state index in [4.69, 9.17) is 5.73 Å². The smallest absolute Gasteiger partial charge is 0.122 e. The molecule has 1 aromatic heterocycles. The lowest BCUT2D eigenvalue weighted by Gasteiger charge is -2.31. The Kier molecular flexibility index (Phi) is 3.16. The van der Waals surface area contributed by atoms with Crippen molar-refractivity contribution in [2.24, 2.45) is 30.5 Å². The fourth-order valence-corrected chi connectivity index (χ4v) is 3.94. The number of fused-ring (bicyclic) bond motifs is 2. The summed E-state index contributed by atoms with van der Waals surface area (Å²) in [7, 11) is 4.24. The second-order valence-corrected chi connectivity index (χ2v) is 6.23. The molecule has 4 atom stereocenters. The molecule has 0 aliphatic heterocycles. The van der Waals surface area contributed by atoms with Gasteiger partial charge in [0.15, 0.2) is 0 Å². The van der Waals surface area contributed by atoms with Gasteiger partial charge < -0.3 is 10.3 Å². The molecule has 2 aliphatic rings. The minimum absolute atomic E-state index is 0.438. The van der Waals surface area contributed by atoms with Gasteiger partial charge in [-0.15, -0.1) is 0 Å². The molecule has 0 amide bonds. The second kappa shape index (κ2) is 4.67. The fraction of sp³-hybridized carbons (Fsp3) is 0.786. The Morgan fingerprint density at radius 1 is 1.44 bits per heavy atom. The maximum Gasteiger partial charge on any atom is 0.122 e. The molecule has 2 bridgehead atoms. The first-order chi connectivity index (χ1) is 8.65. The molecule has 2 aliphatic carbocycles. The van der Waals surface area contributed by atoms with Crippen molar-refractivity contribution < 1.29 is 0 Å². The van der Waals surface area contributed by atoms with E-state index in [9.17, 15) is 0 Å². The van der Waals surface area contributed by atoms with Gasteiger partial charge in [0.1, 0.15) is 5.82 Å². The van der Waals surface area contributed by atoms with Gasteiger partial charge in [-0.1, -0.05) is 0 Å². The Balaban J connectivity index is 1.58. The van der Waals surface area contributed by atoms with E-state index in [2.05, 4.69) is 28.5 Å². The predicted molar refractivity (Wildman–Crippen MR) is 71.8 cm³/mol. The summed E-state index contributed by atoms with van der Waals surface area (Å²) in [6.45, 7) is 2.04. The number of aryl methyl sites for hydroxylation is 1. The lowest BCUT2D eigenvalue weighted by molar-refractivity contribution is 0.191. The van der Waals surface area contributed by atoms with Crippen LogP contribution in [0.5, 0.6) is 0 Å². The van der Waals surface area contributed by atoms with Crippen LogP contribution in [0.25, 0.3) is 0 Å². The van der Waals surface area contributed by atoms with Crippen LogP contribution in [0.15, 0.2) is 12.4 Å². The van der Waals surface area contributed by atoms with Gasteiger partial charge in [0.2, 0.25) is 0 Å². The predicted octanol–water partition coefficient (Wildman–Crippen LogP) is 1.23. The van der Waals surface area contributed by atoms with E-state index in [1.165, 1.54) is 19.3 Å². The maximum atomic E-state index is 6.37. The lowest BCUT2D eigenvalue weighted by atomic mass is 9.84. The third-order valence-electron chi connectivity index (χ3n) is 5.01. The van der Waals surface area contributed by atoms with Gasteiger partial charge in [0.05, 0.1) is 6.54 Å². The van der Waals surface area contributed by atoms with E-state index >= 15 is 0 Å². The van der Waals surface area contributed by atoms with Crippen molar-refractivity contribution in [3.05, 3.63) is 18.2 Å². The van der Waals surface area contributed by atoms with Crippen molar-refractivity contribution in [1.82, 2.24) is 14.5 Å². The van der Waals surface area contributed by atoms with Crippen LogP contribution in [0.4, 0.5) is 0 Å². The molecule has 0 saturated heterocycles. The van der Waals surface area contributed by atoms with Crippen molar-refractivity contribution in [3.63, 3.8) is 0 Å². The summed E-state index contributed by atoms with van der Waals surface area (Å²) in [5.41, 5.74) is 6.37. The second-order valence-electron chi connectivity index (χ2n) is 6.23. The molecular formula is C14H24N4. The molecule has 3 rings (SSSR count). The van der Waals surface area contributed by atoms with Crippen LogP contribution < -0.4 is 5.73 Å².